The zero-order chi connectivity index (χ0) is 16.8. The highest BCUT2D eigenvalue weighted by molar-refractivity contribution is 6.42. The van der Waals surface area contributed by atoms with Crippen LogP contribution in [0.15, 0.2) is 12.1 Å². The van der Waals surface area contributed by atoms with Gasteiger partial charge in [-0.3, -0.25) is 9.69 Å². The van der Waals surface area contributed by atoms with Gasteiger partial charge in [-0.15, -0.1) is 0 Å². The number of hydrogen-bond donors (Lipinski definition) is 2. The van der Waals surface area contributed by atoms with Crippen LogP contribution in [0.25, 0.3) is 0 Å². The van der Waals surface area contributed by atoms with Crippen LogP contribution in [0.3, 0.4) is 0 Å². The SMILES string of the molecule is CCNCC1CCN(CC(=O)Nc2c(Cl)cc(Cl)cc2Cl)CC1. The lowest BCUT2D eigenvalue weighted by Crippen LogP contribution is -2.41. The van der Waals surface area contributed by atoms with E-state index in [4.69, 9.17) is 34.8 Å². The fraction of sp³-hybridized carbons (Fsp3) is 0.562. The molecule has 0 aromatic heterocycles. The zero-order valence-corrected chi connectivity index (χ0v) is 15.4. The van der Waals surface area contributed by atoms with Gasteiger partial charge in [0.1, 0.15) is 0 Å². The van der Waals surface area contributed by atoms with E-state index < -0.39 is 0 Å². The van der Waals surface area contributed by atoms with Crippen LogP contribution in [-0.4, -0.2) is 43.5 Å². The molecular formula is C16H22Cl3N3O. The minimum atomic E-state index is -0.110. The largest absolute Gasteiger partial charge is 0.322 e. The first-order chi connectivity index (χ1) is 11.0. The van der Waals surface area contributed by atoms with Crippen molar-refractivity contribution in [3.8, 4) is 0 Å². The maximum absolute atomic E-state index is 12.2. The lowest BCUT2D eigenvalue weighted by atomic mass is 9.97. The molecule has 23 heavy (non-hydrogen) atoms. The van der Waals surface area contributed by atoms with Crippen molar-refractivity contribution < 1.29 is 4.79 Å². The van der Waals surface area contributed by atoms with Crippen LogP contribution >= 0.6 is 34.8 Å². The molecule has 0 atom stereocenters. The van der Waals surface area contributed by atoms with Gasteiger partial charge in [0.25, 0.3) is 0 Å². The Balaban J connectivity index is 1.82. The number of nitrogens with zero attached hydrogens (tertiary/aromatic N) is 1. The van der Waals surface area contributed by atoms with Gasteiger partial charge in [-0.25, -0.2) is 0 Å². The Morgan fingerprint density at radius 1 is 1.22 bits per heavy atom. The predicted octanol–water partition coefficient (Wildman–Crippen LogP) is 3.91. The summed E-state index contributed by atoms with van der Waals surface area (Å²) in [4.78, 5) is 14.4. The Labute approximate surface area is 152 Å². The molecule has 2 N–H and O–H groups in total. The van der Waals surface area contributed by atoms with Crippen LogP contribution < -0.4 is 10.6 Å². The Hall–Kier alpha value is -0.520. The number of anilines is 1. The molecule has 2 rings (SSSR count). The first-order valence-corrected chi connectivity index (χ1v) is 9.00. The molecule has 1 fully saturated rings. The predicted molar refractivity (Wildman–Crippen MR) is 97.8 cm³/mol. The molecule has 1 heterocycles. The number of carbonyl (C=O) groups is 1. The molecule has 0 saturated carbocycles. The van der Waals surface area contributed by atoms with Crippen molar-refractivity contribution in [2.45, 2.75) is 19.8 Å². The maximum Gasteiger partial charge on any atom is 0.238 e. The van der Waals surface area contributed by atoms with Gasteiger partial charge in [0.15, 0.2) is 0 Å². The average molecular weight is 379 g/mol. The summed E-state index contributed by atoms with van der Waals surface area (Å²) in [7, 11) is 0. The second-order valence-electron chi connectivity index (χ2n) is 5.82. The van der Waals surface area contributed by atoms with Gasteiger partial charge in [0.05, 0.1) is 22.3 Å². The third-order valence-electron chi connectivity index (χ3n) is 4.03. The maximum atomic E-state index is 12.2. The van der Waals surface area contributed by atoms with Crippen LogP contribution in [0.2, 0.25) is 15.1 Å². The van der Waals surface area contributed by atoms with Crippen LogP contribution in [-0.2, 0) is 4.79 Å². The van der Waals surface area contributed by atoms with Crippen molar-refractivity contribution >= 4 is 46.4 Å². The standard InChI is InChI=1S/C16H22Cl3N3O/c1-2-20-9-11-3-5-22(6-4-11)10-15(23)21-16-13(18)7-12(17)8-14(16)19/h7-8,11,20H,2-6,9-10H2,1H3,(H,21,23). The molecule has 1 aliphatic heterocycles. The fourth-order valence-corrected chi connectivity index (χ4v) is 3.65. The molecular weight excluding hydrogens is 357 g/mol. The first kappa shape index (κ1) is 18.8. The molecule has 0 unspecified atom stereocenters. The summed E-state index contributed by atoms with van der Waals surface area (Å²) in [6.07, 6.45) is 2.23. The van der Waals surface area contributed by atoms with E-state index >= 15 is 0 Å². The highest BCUT2D eigenvalue weighted by Gasteiger charge is 2.21. The smallest absolute Gasteiger partial charge is 0.238 e. The van der Waals surface area contributed by atoms with Gasteiger partial charge in [-0.05, 0) is 57.1 Å². The van der Waals surface area contributed by atoms with Crippen LogP contribution in [0, 0.1) is 5.92 Å². The third-order valence-corrected chi connectivity index (χ3v) is 4.84. The summed E-state index contributed by atoms with van der Waals surface area (Å²) in [6, 6.07) is 3.13. The Kier molecular flexibility index (Phi) is 7.44. The first-order valence-electron chi connectivity index (χ1n) is 7.87. The van der Waals surface area contributed by atoms with Gasteiger partial charge in [0.2, 0.25) is 5.91 Å². The summed E-state index contributed by atoms with van der Waals surface area (Å²) >= 11 is 18.0. The number of benzene rings is 1. The van der Waals surface area contributed by atoms with E-state index in [1.54, 1.807) is 12.1 Å². The number of rotatable bonds is 6. The van der Waals surface area contributed by atoms with E-state index in [0.29, 0.717) is 33.2 Å². The minimum Gasteiger partial charge on any atom is -0.322 e. The number of amides is 1. The van der Waals surface area contributed by atoms with E-state index in [-0.39, 0.29) is 5.91 Å². The molecule has 1 aromatic carbocycles. The average Bonchev–Trinajstić information content (AvgIpc) is 2.50. The Morgan fingerprint density at radius 3 is 2.39 bits per heavy atom. The van der Waals surface area contributed by atoms with Crippen molar-refractivity contribution in [1.29, 1.82) is 0 Å². The molecule has 1 amide bonds. The second-order valence-corrected chi connectivity index (χ2v) is 7.07. The number of likely N-dealkylation sites (tertiary alicyclic amines) is 1. The molecule has 1 saturated heterocycles. The lowest BCUT2D eigenvalue weighted by molar-refractivity contribution is -0.117. The number of nitrogens with one attached hydrogen (secondary N) is 2. The number of carbonyl (C=O) groups excluding carboxylic acids is 1. The van der Waals surface area contributed by atoms with Gasteiger partial charge in [-0.1, -0.05) is 41.7 Å². The second kappa shape index (κ2) is 9.09. The summed E-state index contributed by atoms with van der Waals surface area (Å²) < 4.78 is 0. The summed E-state index contributed by atoms with van der Waals surface area (Å²) in [5.74, 6) is 0.593. The molecule has 0 spiro atoms. The topological polar surface area (TPSA) is 44.4 Å². The third kappa shape index (κ3) is 5.80. The van der Waals surface area contributed by atoms with E-state index in [1.807, 2.05) is 0 Å². The van der Waals surface area contributed by atoms with E-state index in [9.17, 15) is 4.79 Å². The number of piperidine rings is 1. The van der Waals surface area contributed by atoms with Crippen molar-refractivity contribution in [2.24, 2.45) is 5.92 Å². The molecule has 1 aliphatic rings. The highest BCUT2D eigenvalue weighted by Crippen LogP contribution is 2.33. The summed E-state index contributed by atoms with van der Waals surface area (Å²) in [6.45, 7) is 6.41. The quantitative estimate of drug-likeness (QED) is 0.789. The summed E-state index contributed by atoms with van der Waals surface area (Å²) in [5.41, 5.74) is 0.421. The Morgan fingerprint density at radius 2 is 1.83 bits per heavy atom. The highest BCUT2D eigenvalue weighted by atomic mass is 35.5. The molecule has 4 nitrogen and oxygen atoms in total. The number of halogens is 3. The van der Waals surface area contributed by atoms with Gasteiger partial charge in [-0.2, -0.15) is 0 Å². The van der Waals surface area contributed by atoms with Crippen LogP contribution in [0.5, 0.6) is 0 Å². The lowest BCUT2D eigenvalue weighted by Gasteiger charge is -2.31. The minimum absolute atomic E-state index is 0.110. The molecule has 0 radical (unpaired) electrons. The van der Waals surface area contributed by atoms with Crippen molar-refractivity contribution in [3.05, 3.63) is 27.2 Å². The van der Waals surface area contributed by atoms with Gasteiger partial charge < -0.3 is 10.6 Å². The zero-order valence-electron chi connectivity index (χ0n) is 13.2. The fourth-order valence-electron chi connectivity index (χ4n) is 2.74. The van der Waals surface area contributed by atoms with Gasteiger partial charge in [0, 0.05) is 5.02 Å². The van der Waals surface area contributed by atoms with Crippen molar-refractivity contribution in [3.63, 3.8) is 0 Å². The van der Waals surface area contributed by atoms with E-state index in [0.717, 1.165) is 39.0 Å². The molecule has 1 aromatic rings. The van der Waals surface area contributed by atoms with E-state index in [1.165, 1.54) is 0 Å². The molecule has 0 aliphatic carbocycles. The molecule has 128 valence electrons. The molecule has 7 heteroatoms. The molecule has 0 bridgehead atoms. The van der Waals surface area contributed by atoms with Crippen molar-refractivity contribution in [2.75, 3.05) is 38.0 Å². The monoisotopic (exact) mass is 377 g/mol. The Bertz CT molecular complexity index is 522. The van der Waals surface area contributed by atoms with Crippen LogP contribution in [0.1, 0.15) is 19.8 Å². The van der Waals surface area contributed by atoms with E-state index in [2.05, 4.69) is 22.5 Å². The van der Waals surface area contributed by atoms with Crippen LogP contribution in [0.4, 0.5) is 5.69 Å². The van der Waals surface area contributed by atoms with Gasteiger partial charge >= 0.3 is 0 Å². The summed E-state index contributed by atoms with van der Waals surface area (Å²) in [5, 5.41) is 7.31. The normalized spacial score (nSPS) is 16.5. The number of hydrogen-bond acceptors (Lipinski definition) is 3. The van der Waals surface area contributed by atoms with Crippen molar-refractivity contribution in [1.82, 2.24) is 10.2 Å².